The van der Waals surface area contributed by atoms with Crippen molar-refractivity contribution in [2.45, 2.75) is 0 Å². The molecule has 0 radical (unpaired) electrons. The maximum absolute atomic E-state index is 11.0. The number of fused-ring (bicyclic) bond motifs is 1. The van der Waals surface area contributed by atoms with E-state index in [0.29, 0.717) is 0 Å². The number of benzene rings is 1. The number of carbonyl (C=O) groups is 1. The molecule has 7 nitrogen and oxygen atoms in total. The number of pyridine rings is 1. The molecule has 3 aromatic rings. The van der Waals surface area contributed by atoms with E-state index in [9.17, 15) is 4.79 Å². The number of hydrogen-bond acceptors (Lipinski definition) is 5. The number of carboxylic acids is 1. The van der Waals surface area contributed by atoms with Crippen molar-refractivity contribution in [3.8, 4) is 22.5 Å². The number of anilines is 1. The Morgan fingerprint density at radius 1 is 1.04 bits per heavy atom. The summed E-state index contributed by atoms with van der Waals surface area (Å²) in [6, 6.07) is 10.6. The van der Waals surface area contributed by atoms with Crippen molar-refractivity contribution in [3.05, 3.63) is 54.4 Å². The lowest BCUT2D eigenvalue weighted by Gasteiger charge is -2.20. The predicted octanol–water partition coefficient (Wildman–Crippen LogP) is 2.28. The van der Waals surface area contributed by atoms with Crippen LogP contribution in [0.5, 0.6) is 0 Å². The first-order chi connectivity index (χ1) is 11.7. The molecule has 0 unspecified atom stereocenters. The van der Waals surface area contributed by atoms with Gasteiger partial charge in [0, 0.05) is 36.6 Å². The number of nitrogens with zero attached hydrogens (tertiary/aromatic N) is 3. The SMILES string of the molecule is O=C(O)c1ccc(-c2nc3n(c2-c2ccncc2)NCCN3)cc1. The van der Waals surface area contributed by atoms with Crippen LogP contribution >= 0.6 is 0 Å². The third-order valence-corrected chi connectivity index (χ3v) is 3.91. The van der Waals surface area contributed by atoms with Crippen molar-refractivity contribution >= 4 is 11.9 Å². The second kappa shape index (κ2) is 5.69. The van der Waals surface area contributed by atoms with E-state index in [0.717, 1.165) is 41.6 Å². The lowest BCUT2D eigenvalue weighted by Crippen LogP contribution is -2.30. The van der Waals surface area contributed by atoms with E-state index in [4.69, 9.17) is 10.1 Å². The first-order valence-corrected chi connectivity index (χ1v) is 7.58. The standard InChI is InChI=1S/C17H15N5O2/c23-16(24)13-3-1-11(2-4-13)14-15(12-5-7-18-8-6-12)22-17(21-14)19-9-10-20-22/h1-8,20H,9-10H2,(H,19,21)(H,23,24). The fraction of sp³-hybridized carbons (Fsp3) is 0.118. The highest BCUT2D eigenvalue weighted by molar-refractivity contribution is 5.89. The van der Waals surface area contributed by atoms with Crippen LogP contribution in [0.15, 0.2) is 48.8 Å². The highest BCUT2D eigenvalue weighted by Gasteiger charge is 2.22. The van der Waals surface area contributed by atoms with Crippen LogP contribution in [-0.4, -0.2) is 38.8 Å². The van der Waals surface area contributed by atoms with E-state index in [1.54, 1.807) is 36.7 Å². The van der Waals surface area contributed by atoms with Gasteiger partial charge >= 0.3 is 5.97 Å². The topological polar surface area (TPSA) is 92.1 Å². The fourth-order valence-corrected chi connectivity index (χ4v) is 2.78. The van der Waals surface area contributed by atoms with Crippen molar-refractivity contribution in [2.75, 3.05) is 23.8 Å². The molecule has 1 aliphatic rings. The van der Waals surface area contributed by atoms with Crippen LogP contribution in [-0.2, 0) is 0 Å². The number of aromatic carboxylic acids is 1. The molecule has 0 fully saturated rings. The Kier molecular flexibility index (Phi) is 3.38. The van der Waals surface area contributed by atoms with E-state index in [2.05, 4.69) is 15.7 Å². The highest BCUT2D eigenvalue weighted by Crippen LogP contribution is 2.34. The smallest absolute Gasteiger partial charge is 0.335 e. The van der Waals surface area contributed by atoms with Crippen molar-refractivity contribution in [2.24, 2.45) is 0 Å². The average Bonchev–Trinajstić information content (AvgIpc) is 3.02. The molecule has 0 saturated carbocycles. The molecule has 24 heavy (non-hydrogen) atoms. The first kappa shape index (κ1) is 14.3. The lowest BCUT2D eigenvalue weighted by molar-refractivity contribution is 0.0697. The largest absolute Gasteiger partial charge is 0.478 e. The van der Waals surface area contributed by atoms with Gasteiger partial charge in [-0.05, 0) is 24.3 Å². The summed E-state index contributed by atoms with van der Waals surface area (Å²) in [6.07, 6.45) is 3.48. The summed E-state index contributed by atoms with van der Waals surface area (Å²) in [5.74, 6) is -0.200. The Hall–Kier alpha value is -3.35. The van der Waals surface area contributed by atoms with Gasteiger partial charge < -0.3 is 15.8 Å². The quantitative estimate of drug-likeness (QED) is 0.685. The average molecular weight is 321 g/mol. The Labute approximate surface area is 138 Å². The van der Waals surface area contributed by atoms with E-state index < -0.39 is 5.97 Å². The maximum atomic E-state index is 11.0. The number of rotatable bonds is 3. The summed E-state index contributed by atoms with van der Waals surface area (Å²) < 4.78 is 1.93. The predicted molar refractivity (Wildman–Crippen MR) is 90.6 cm³/mol. The molecule has 1 aliphatic heterocycles. The van der Waals surface area contributed by atoms with Crippen molar-refractivity contribution in [1.29, 1.82) is 0 Å². The summed E-state index contributed by atoms with van der Waals surface area (Å²) >= 11 is 0. The van der Waals surface area contributed by atoms with Crippen LogP contribution in [0.25, 0.3) is 22.5 Å². The minimum atomic E-state index is -0.941. The molecule has 1 aromatic carbocycles. The maximum Gasteiger partial charge on any atom is 0.335 e. The normalized spacial score (nSPS) is 12.8. The third kappa shape index (κ3) is 2.36. The molecule has 0 spiro atoms. The van der Waals surface area contributed by atoms with E-state index in [-0.39, 0.29) is 5.56 Å². The molecule has 0 amide bonds. The molecule has 7 heteroatoms. The van der Waals surface area contributed by atoms with Gasteiger partial charge in [0.1, 0.15) is 5.69 Å². The fourth-order valence-electron chi connectivity index (χ4n) is 2.78. The zero-order valence-corrected chi connectivity index (χ0v) is 12.7. The molecule has 4 rings (SSSR count). The summed E-state index contributed by atoms with van der Waals surface area (Å²) in [7, 11) is 0. The van der Waals surface area contributed by atoms with E-state index >= 15 is 0 Å². The van der Waals surface area contributed by atoms with Crippen LogP contribution in [0, 0.1) is 0 Å². The number of nitrogens with one attached hydrogen (secondary N) is 2. The number of hydrogen-bond donors (Lipinski definition) is 3. The van der Waals surface area contributed by atoms with Gasteiger partial charge in [-0.15, -0.1) is 0 Å². The van der Waals surface area contributed by atoms with Crippen LogP contribution in [0.4, 0.5) is 5.95 Å². The van der Waals surface area contributed by atoms with Crippen LogP contribution in [0.3, 0.4) is 0 Å². The summed E-state index contributed by atoms with van der Waals surface area (Å²) in [5, 5.41) is 12.3. The molecule has 0 saturated heterocycles. The van der Waals surface area contributed by atoms with Gasteiger partial charge in [-0.3, -0.25) is 4.98 Å². The summed E-state index contributed by atoms with van der Waals surface area (Å²) in [5.41, 5.74) is 7.13. The number of carboxylic acid groups (broad SMARTS) is 1. The monoisotopic (exact) mass is 321 g/mol. The summed E-state index contributed by atoms with van der Waals surface area (Å²) in [4.78, 5) is 19.8. The minimum Gasteiger partial charge on any atom is -0.478 e. The van der Waals surface area contributed by atoms with Crippen molar-refractivity contribution < 1.29 is 9.90 Å². The van der Waals surface area contributed by atoms with Crippen LogP contribution < -0.4 is 10.7 Å². The first-order valence-electron chi connectivity index (χ1n) is 7.58. The second-order valence-corrected chi connectivity index (χ2v) is 5.42. The zero-order chi connectivity index (χ0) is 16.5. The van der Waals surface area contributed by atoms with Crippen LogP contribution in [0.1, 0.15) is 10.4 Å². The van der Waals surface area contributed by atoms with Gasteiger partial charge in [0.2, 0.25) is 5.95 Å². The second-order valence-electron chi connectivity index (χ2n) is 5.42. The molecule has 3 heterocycles. The Morgan fingerprint density at radius 2 is 1.79 bits per heavy atom. The van der Waals surface area contributed by atoms with Gasteiger partial charge in [0.25, 0.3) is 0 Å². The van der Waals surface area contributed by atoms with Crippen molar-refractivity contribution in [3.63, 3.8) is 0 Å². The number of aromatic nitrogens is 3. The molecule has 120 valence electrons. The highest BCUT2D eigenvalue weighted by atomic mass is 16.4. The minimum absolute atomic E-state index is 0.254. The summed E-state index contributed by atoms with van der Waals surface area (Å²) in [6.45, 7) is 1.59. The Morgan fingerprint density at radius 3 is 2.50 bits per heavy atom. The molecular formula is C17H15N5O2. The molecule has 0 atom stereocenters. The van der Waals surface area contributed by atoms with Gasteiger partial charge in [-0.2, -0.15) is 0 Å². The molecule has 0 bridgehead atoms. The number of imidazole rings is 1. The van der Waals surface area contributed by atoms with Crippen molar-refractivity contribution in [1.82, 2.24) is 14.6 Å². The van der Waals surface area contributed by atoms with Gasteiger partial charge in [-0.1, -0.05) is 12.1 Å². The molecule has 3 N–H and O–H groups in total. The molecule has 0 aliphatic carbocycles. The van der Waals surface area contributed by atoms with Gasteiger partial charge in [-0.25, -0.2) is 14.5 Å². The molecular weight excluding hydrogens is 306 g/mol. The lowest BCUT2D eigenvalue weighted by atomic mass is 10.0. The van der Waals surface area contributed by atoms with Gasteiger partial charge in [0.05, 0.1) is 11.3 Å². The van der Waals surface area contributed by atoms with Gasteiger partial charge in [0.15, 0.2) is 0 Å². The Bertz CT molecular complexity index is 887. The zero-order valence-electron chi connectivity index (χ0n) is 12.7. The Balaban J connectivity index is 1.88. The van der Waals surface area contributed by atoms with Crippen LogP contribution in [0.2, 0.25) is 0 Å². The van der Waals surface area contributed by atoms with E-state index in [1.807, 2.05) is 16.8 Å². The third-order valence-electron chi connectivity index (χ3n) is 3.91. The van der Waals surface area contributed by atoms with E-state index in [1.165, 1.54) is 0 Å². The molecule has 2 aromatic heterocycles.